The lowest BCUT2D eigenvalue weighted by Gasteiger charge is -2.21. The summed E-state index contributed by atoms with van der Waals surface area (Å²) in [4.78, 5) is 18.4. The van der Waals surface area contributed by atoms with Gasteiger partial charge in [-0.05, 0) is 70.9 Å². The summed E-state index contributed by atoms with van der Waals surface area (Å²) in [6, 6.07) is 24.7. The minimum absolute atomic E-state index is 0.0754. The molecular formula is C27H22ClN7O. The van der Waals surface area contributed by atoms with Gasteiger partial charge in [-0.2, -0.15) is 4.68 Å². The van der Waals surface area contributed by atoms with Crippen molar-refractivity contribution in [3.63, 3.8) is 0 Å². The van der Waals surface area contributed by atoms with Gasteiger partial charge in [0.25, 0.3) is 0 Å². The number of nitrogen functional groups attached to an aromatic ring is 1. The Kier molecular flexibility index (Phi) is 6.18. The second-order valence-electron chi connectivity index (χ2n) is 8.19. The van der Waals surface area contributed by atoms with Crippen molar-refractivity contribution in [1.29, 1.82) is 0 Å². The van der Waals surface area contributed by atoms with Gasteiger partial charge >= 0.3 is 0 Å². The molecule has 0 saturated carbocycles. The summed E-state index contributed by atoms with van der Waals surface area (Å²) in [5.74, 6) is 0.683. The van der Waals surface area contributed by atoms with Crippen LogP contribution in [-0.2, 0) is 4.79 Å². The van der Waals surface area contributed by atoms with Crippen molar-refractivity contribution in [3.05, 3.63) is 95.6 Å². The zero-order valence-electron chi connectivity index (χ0n) is 19.6. The minimum Gasteiger partial charge on any atom is -0.383 e. The monoisotopic (exact) mass is 495 g/mol. The predicted octanol–water partition coefficient (Wildman–Crippen LogP) is 5.62. The van der Waals surface area contributed by atoms with Crippen molar-refractivity contribution in [1.82, 2.24) is 25.2 Å². The van der Waals surface area contributed by atoms with E-state index in [0.29, 0.717) is 22.2 Å². The number of tetrazole rings is 1. The molecule has 0 aliphatic heterocycles. The number of rotatable bonds is 5. The Bertz CT molecular complexity index is 1550. The van der Waals surface area contributed by atoms with E-state index in [1.807, 2.05) is 85.8 Å². The third kappa shape index (κ3) is 4.30. The summed E-state index contributed by atoms with van der Waals surface area (Å²) < 4.78 is 1.60. The Hall–Kier alpha value is -4.56. The molecule has 0 fully saturated rings. The number of hydrogen-bond donors (Lipinski definition) is 1. The smallest absolute Gasteiger partial charge is 0.228 e. The van der Waals surface area contributed by atoms with Crippen LogP contribution in [0.25, 0.3) is 28.2 Å². The van der Waals surface area contributed by atoms with Gasteiger partial charge in [0.05, 0.1) is 11.3 Å². The molecule has 0 atom stereocenters. The SMILES string of the molecule is CC(=O)N(c1ccccc1)c1ccc(-c2cnc(N)c(-c3nnnn3-c3cccc(Cl)c3C)c2)cc1. The number of hydrogen-bond acceptors (Lipinski definition) is 6. The van der Waals surface area contributed by atoms with E-state index in [0.717, 1.165) is 33.8 Å². The molecule has 1 amide bonds. The van der Waals surface area contributed by atoms with Crippen molar-refractivity contribution in [2.75, 3.05) is 10.6 Å². The third-order valence-corrected chi connectivity index (χ3v) is 6.29. The first-order chi connectivity index (χ1) is 17.4. The van der Waals surface area contributed by atoms with Crippen LogP contribution in [0.2, 0.25) is 5.02 Å². The minimum atomic E-state index is -0.0754. The molecule has 178 valence electrons. The van der Waals surface area contributed by atoms with Gasteiger partial charge in [0, 0.05) is 35.1 Å². The fourth-order valence-electron chi connectivity index (χ4n) is 4.05. The summed E-state index contributed by atoms with van der Waals surface area (Å²) in [5, 5.41) is 12.9. The zero-order chi connectivity index (χ0) is 25.2. The van der Waals surface area contributed by atoms with Gasteiger partial charge in [-0.15, -0.1) is 5.10 Å². The Morgan fingerprint density at radius 2 is 1.67 bits per heavy atom. The quantitative estimate of drug-likeness (QED) is 0.339. The molecule has 0 radical (unpaired) electrons. The highest BCUT2D eigenvalue weighted by atomic mass is 35.5. The molecule has 5 rings (SSSR count). The van der Waals surface area contributed by atoms with E-state index < -0.39 is 0 Å². The number of nitrogens with zero attached hydrogens (tertiary/aromatic N) is 6. The molecule has 9 heteroatoms. The van der Waals surface area contributed by atoms with Gasteiger partial charge in [-0.3, -0.25) is 9.69 Å². The Labute approximate surface area is 213 Å². The zero-order valence-corrected chi connectivity index (χ0v) is 20.4. The van der Waals surface area contributed by atoms with Gasteiger partial charge in [-0.1, -0.05) is 48.0 Å². The molecule has 0 unspecified atom stereocenters. The van der Waals surface area contributed by atoms with E-state index in [4.69, 9.17) is 17.3 Å². The maximum atomic E-state index is 12.4. The number of carbonyl (C=O) groups excluding carboxylic acids is 1. The van der Waals surface area contributed by atoms with Gasteiger partial charge < -0.3 is 5.73 Å². The lowest BCUT2D eigenvalue weighted by molar-refractivity contribution is -0.115. The maximum absolute atomic E-state index is 12.4. The van der Waals surface area contributed by atoms with Crippen molar-refractivity contribution >= 4 is 34.7 Å². The van der Waals surface area contributed by atoms with Gasteiger partial charge in [0.2, 0.25) is 5.91 Å². The molecule has 36 heavy (non-hydrogen) atoms. The standard InChI is InChI=1S/C27H22ClN7O/c1-17-24(28)9-6-10-25(17)35-27(31-32-33-35)23-15-20(16-30-26(23)29)19-11-13-22(14-12-19)34(18(2)36)21-7-4-3-5-8-21/h3-16H,1-2H3,(H2,29,30). The molecule has 0 aliphatic carbocycles. The number of para-hydroxylation sites is 1. The second-order valence-corrected chi connectivity index (χ2v) is 8.60. The molecular weight excluding hydrogens is 474 g/mol. The molecule has 2 aromatic heterocycles. The molecule has 0 bridgehead atoms. The van der Waals surface area contributed by atoms with Gasteiger partial charge in [0.1, 0.15) is 5.82 Å². The normalized spacial score (nSPS) is 10.9. The van der Waals surface area contributed by atoms with Crippen LogP contribution in [0.4, 0.5) is 17.2 Å². The van der Waals surface area contributed by atoms with Crippen LogP contribution in [0.15, 0.2) is 85.1 Å². The molecule has 5 aromatic rings. The summed E-state index contributed by atoms with van der Waals surface area (Å²) >= 11 is 6.32. The van der Waals surface area contributed by atoms with Crippen molar-refractivity contribution in [3.8, 4) is 28.2 Å². The van der Waals surface area contributed by atoms with E-state index in [9.17, 15) is 4.79 Å². The van der Waals surface area contributed by atoms with E-state index in [1.54, 1.807) is 22.7 Å². The third-order valence-electron chi connectivity index (χ3n) is 5.88. The van der Waals surface area contributed by atoms with E-state index >= 15 is 0 Å². The van der Waals surface area contributed by atoms with Crippen LogP contribution < -0.4 is 10.6 Å². The number of pyridine rings is 1. The average molecular weight is 496 g/mol. The van der Waals surface area contributed by atoms with Crippen LogP contribution in [0.5, 0.6) is 0 Å². The summed E-state index contributed by atoms with van der Waals surface area (Å²) in [6.07, 6.45) is 1.70. The first kappa shape index (κ1) is 23.2. The number of anilines is 3. The topological polar surface area (TPSA) is 103 Å². The molecule has 3 aromatic carbocycles. The highest BCUT2D eigenvalue weighted by Gasteiger charge is 2.18. The van der Waals surface area contributed by atoms with Gasteiger partial charge in [-0.25, -0.2) is 4.98 Å². The highest BCUT2D eigenvalue weighted by Crippen LogP contribution is 2.33. The molecule has 2 N–H and O–H groups in total. The van der Waals surface area contributed by atoms with Crippen LogP contribution in [0.1, 0.15) is 12.5 Å². The number of amides is 1. The molecule has 0 saturated heterocycles. The Balaban J connectivity index is 1.52. The molecule has 0 spiro atoms. The van der Waals surface area contributed by atoms with Crippen LogP contribution >= 0.6 is 11.6 Å². The lowest BCUT2D eigenvalue weighted by Crippen LogP contribution is -2.22. The summed E-state index contributed by atoms with van der Waals surface area (Å²) in [5.41, 5.74) is 11.7. The first-order valence-electron chi connectivity index (χ1n) is 11.2. The second kappa shape index (κ2) is 9.59. The number of benzene rings is 3. The van der Waals surface area contributed by atoms with Crippen molar-refractivity contribution < 1.29 is 4.79 Å². The Morgan fingerprint density at radius 3 is 2.39 bits per heavy atom. The van der Waals surface area contributed by atoms with Crippen molar-refractivity contribution in [2.45, 2.75) is 13.8 Å². The molecule has 0 aliphatic rings. The number of halogens is 1. The fraction of sp³-hybridized carbons (Fsp3) is 0.0741. The fourth-order valence-corrected chi connectivity index (χ4v) is 4.22. The lowest BCUT2D eigenvalue weighted by atomic mass is 10.0. The average Bonchev–Trinajstić information content (AvgIpc) is 3.36. The van der Waals surface area contributed by atoms with Crippen molar-refractivity contribution in [2.24, 2.45) is 0 Å². The maximum Gasteiger partial charge on any atom is 0.228 e. The Morgan fingerprint density at radius 1 is 0.944 bits per heavy atom. The van der Waals surface area contributed by atoms with E-state index in [1.165, 1.54) is 0 Å². The largest absolute Gasteiger partial charge is 0.383 e. The first-order valence-corrected chi connectivity index (χ1v) is 11.6. The number of aromatic nitrogens is 5. The number of carbonyl (C=O) groups is 1. The molecule has 2 heterocycles. The van der Waals surface area contributed by atoms with E-state index in [2.05, 4.69) is 20.5 Å². The predicted molar refractivity (Wildman–Crippen MR) is 141 cm³/mol. The van der Waals surface area contributed by atoms with Crippen LogP contribution in [-0.4, -0.2) is 31.1 Å². The summed E-state index contributed by atoms with van der Waals surface area (Å²) in [6.45, 7) is 3.45. The summed E-state index contributed by atoms with van der Waals surface area (Å²) in [7, 11) is 0. The number of nitrogens with two attached hydrogens (primary N) is 1. The molecule has 8 nitrogen and oxygen atoms in total. The van der Waals surface area contributed by atoms with Gasteiger partial charge in [0.15, 0.2) is 5.82 Å². The highest BCUT2D eigenvalue weighted by molar-refractivity contribution is 6.31. The van der Waals surface area contributed by atoms with Crippen LogP contribution in [0.3, 0.4) is 0 Å². The van der Waals surface area contributed by atoms with E-state index in [-0.39, 0.29) is 5.91 Å². The van der Waals surface area contributed by atoms with Crippen LogP contribution in [0, 0.1) is 6.92 Å².